The van der Waals surface area contributed by atoms with Crippen LogP contribution in [0.15, 0.2) is 47.6 Å². The van der Waals surface area contributed by atoms with Gasteiger partial charge < -0.3 is 5.73 Å². The van der Waals surface area contributed by atoms with Crippen molar-refractivity contribution in [2.75, 3.05) is 13.1 Å². The van der Waals surface area contributed by atoms with E-state index in [-0.39, 0.29) is 5.03 Å². The number of benzene rings is 1. The van der Waals surface area contributed by atoms with Gasteiger partial charge in [-0.15, -0.1) is 0 Å². The Morgan fingerprint density at radius 2 is 1.95 bits per heavy atom. The van der Waals surface area contributed by atoms with E-state index in [0.717, 1.165) is 5.56 Å². The van der Waals surface area contributed by atoms with Gasteiger partial charge in [-0.25, -0.2) is 8.42 Å². The van der Waals surface area contributed by atoms with Crippen molar-refractivity contribution in [3.05, 3.63) is 48.2 Å². The summed E-state index contributed by atoms with van der Waals surface area (Å²) in [4.78, 5) is 0. The maximum atomic E-state index is 12.9. The zero-order chi connectivity index (χ0) is 16.0. The summed E-state index contributed by atoms with van der Waals surface area (Å²) < 4.78 is 28.8. The highest BCUT2D eigenvalue weighted by Gasteiger charge is 2.27. The van der Waals surface area contributed by atoms with Crippen molar-refractivity contribution in [3.63, 3.8) is 0 Å². The van der Waals surface area contributed by atoms with E-state index in [1.165, 1.54) is 15.2 Å². The second-order valence-electron chi connectivity index (χ2n) is 4.95. The molecule has 0 fully saturated rings. The Morgan fingerprint density at radius 1 is 1.23 bits per heavy atom. The molecule has 120 valence electrons. The van der Waals surface area contributed by atoms with Gasteiger partial charge in [0.15, 0.2) is 5.03 Å². The van der Waals surface area contributed by atoms with Crippen molar-refractivity contribution in [1.82, 2.24) is 14.1 Å². The first-order chi connectivity index (χ1) is 10.6. The molecule has 0 amide bonds. The Hall–Kier alpha value is -1.70. The second kappa shape index (κ2) is 7.53. The average Bonchev–Trinajstić information content (AvgIpc) is 3.01. The Kier molecular flexibility index (Phi) is 5.70. The summed E-state index contributed by atoms with van der Waals surface area (Å²) in [6.45, 7) is 3.56. The second-order valence-corrected chi connectivity index (χ2v) is 6.84. The molecule has 7 heteroatoms. The fourth-order valence-corrected chi connectivity index (χ4v) is 3.88. The molecule has 1 aromatic carbocycles. The molecule has 0 aliphatic carbocycles. The summed E-state index contributed by atoms with van der Waals surface area (Å²) in [6.07, 6.45) is 2.13. The monoisotopic (exact) mass is 322 g/mol. The third kappa shape index (κ3) is 3.73. The zero-order valence-corrected chi connectivity index (χ0v) is 13.5. The number of rotatable bonds is 8. The van der Waals surface area contributed by atoms with Gasteiger partial charge in [0.2, 0.25) is 0 Å². The van der Waals surface area contributed by atoms with Crippen LogP contribution in [0.25, 0.3) is 0 Å². The van der Waals surface area contributed by atoms with E-state index in [0.29, 0.717) is 32.6 Å². The smallest absolute Gasteiger partial charge is 0.260 e. The first kappa shape index (κ1) is 16.7. The molecule has 0 unspecified atom stereocenters. The first-order valence-electron chi connectivity index (χ1n) is 7.35. The molecular weight excluding hydrogens is 300 g/mol. The van der Waals surface area contributed by atoms with E-state index in [9.17, 15) is 8.42 Å². The molecule has 0 spiro atoms. The molecule has 0 aliphatic rings. The van der Waals surface area contributed by atoms with E-state index < -0.39 is 10.0 Å². The number of nitrogens with two attached hydrogens (primary N) is 1. The van der Waals surface area contributed by atoms with Gasteiger partial charge >= 0.3 is 0 Å². The third-order valence-corrected chi connectivity index (χ3v) is 5.26. The number of hydrogen-bond donors (Lipinski definition) is 1. The molecular formula is C15H22N4O2S. The van der Waals surface area contributed by atoms with E-state index in [1.54, 1.807) is 6.07 Å². The highest BCUT2D eigenvalue weighted by molar-refractivity contribution is 7.89. The number of sulfonamides is 1. The highest BCUT2D eigenvalue weighted by Crippen LogP contribution is 2.18. The van der Waals surface area contributed by atoms with E-state index in [1.807, 2.05) is 37.3 Å². The Labute approximate surface area is 131 Å². The van der Waals surface area contributed by atoms with Crippen LogP contribution in [0.3, 0.4) is 0 Å². The largest absolute Gasteiger partial charge is 0.330 e. The van der Waals surface area contributed by atoms with Crippen molar-refractivity contribution >= 4 is 10.0 Å². The van der Waals surface area contributed by atoms with E-state index in [2.05, 4.69) is 5.10 Å². The normalized spacial score (nSPS) is 12.0. The summed E-state index contributed by atoms with van der Waals surface area (Å²) in [5.41, 5.74) is 6.50. The molecule has 0 saturated heterocycles. The lowest BCUT2D eigenvalue weighted by atomic mass is 10.2. The van der Waals surface area contributed by atoms with Crippen LogP contribution < -0.4 is 5.73 Å². The van der Waals surface area contributed by atoms with Crippen LogP contribution in [0.4, 0.5) is 0 Å². The quantitative estimate of drug-likeness (QED) is 0.797. The molecule has 2 N–H and O–H groups in total. The number of aromatic nitrogens is 2. The molecule has 0 aliphatic heterocycles. The summed E-state index contributed by atoms with van der Waals surface area (Å²) in [5, 5.41) is 4.28. The maximum absolute atomic E-state index is 12.9. The predicted molar refractivity (Wildman–Crippen MR) is 85.6 cm³/mol. The van der Waals surface area contributed by atoms with Gasteiger partial charge in [0.05, 0.1) is 6.20 Å². The van der Waals surface area contributed by atoms with Crippen molar-refractivity contribution < 1.29 is 8.42 Å². The van der Waals surface area contributed by atoms with Crippen LogP contribution >= 0.6 is 0 Å². The van der Waals surface area contributed by atoms with Gasteiger partial charge in [0.25, 0.3) is 10.0 Å². The Morgan fingerprint density at radius 3 is 2.59 bits per heavy atom. The van der Waals surface area contributed by atoms with E-state index in [4.69, 9.17) is 5.73 Å². The van der Waals surface area contributed by atoms with Crippen LogP contribution in [0.1, 0.15) is 18.9 Å². The van der Waals surface area contributed by atoms with Crippen LogP contribution in [0, 0.1) is 0 Å². The molecule has 0 atom stereocenters. The molecule has 1 aromatic heterocycles. The van der Waals surface area contributed by atoms with Gasteiger partial charge in [-0.05, 0) is 31.5 Å². The maximum Gasteiger partial charge on any atom is 0.260 e. The van der Waals surface area contributed by atoms with Crippen molar-refractivity contribution in [3.8, 4) is 0 Å². The summed E-state index contributed by atoms with van der Waals surface area (Å²) in [6, 6.07) is 11.1. The standard InChI is InChI=1S/C15H22N4O2S/c1-2-19-15(9-11-17-19)22(20,21)18(12-6-10-16)13-14-7-4-3-5-8-14/h3-5,7-9,11H,2,6,10,12-13,16H2,1H3. The first-order valence-corrected chi connectivity index (χ1v) is 8.79. The summed E-state index contributed by atoms with van der Waals surface area (Å²) >= 11 is 0. The third-order valence-electron chi connectivity index (χ3n) is 3.39. The van der Waals surface area contributed by atoms with Gasteiger partial charge in [-0.1, -0.05) is 30.3 Å². The number of nitrogens with zero attached hydrogens (tertiary/aromatic N) is 3. The van der Waals surface area contributed by atoms with Crippen molar-refractivity contribution in [1.29, 1.82) is 0 Å². The van der Waals surface area contributed by atoms with Crippen LogP contribution in [-0.2, 0) is 23.1 Å². The molecule has 0 bridgehead atoms. The molecule has 2 aromatic rings. The lowest BCUT2D eigenvalue weighted by molar-refractivity contribution is 0.394. The van der Waals surface area contributed by atoms with Crippen LogP contribution in [-0.4, -0.2) is 35.6 Å². The molecule has 22 heavy (non-hydrogen) atoms. The van der Waals surface area contributed by atoms with Crippen LogP contribution in [0.2, 0.25) is 0 Å². The lowest BCUT2D eigenvalue weighted by Gasteiger charge is -2.22. The molecule has 0 radical (unpaired) electrons. The summed E-state index contributed by atoms with van der Waals surface area (Å²) in [5.74, 6) is 0. The highest BCUT2D eigenvalue weighted by atomic mass is 32.2. The molecule has 6 nitrogen and oxygen atoms in total. The zero-order valence-electron chi connectivity index (χ0n) is 12.7. The number of aryl methyl sites for hydroxylation is 1. The summed E-state index contributed by atoms with van der Waals surface area (Å²) in [7, 11) is -3.59. The molecule has 1 heterocycles. The minimum Gasteiger partial charge on any atom is -0.330 e. The average molecular weight is 322 g/mol. The lowest BCUT2D eigenvalue weighted by Crippen LogP contribution is -2.34. The SMILES string of the molecule is CCn1nccc1S(=O)(=O)N(CCCN)Cc1ccccc1. The minimum atomic E-state index is -3.59. The topological polar surface area (TPSA) is 81.2 Å². The van der Waals surface area contributed by atoms with Crippen LogP contribution in [0.5, 0.6) is 0 Å². The van der Waals surface area contributed by atoms with Crippen molar-refractivity contribution in [2.45, 2.75) is 31.5 Å². The van der Waals surface area contributed by atoms with Gasteiger partial charge in [0.1, 0.15) is 0 Å². The fourth-order valence-electron chi connectivity index (χ4n) is 2.25. The van der Waals surface area contributed by atoms with Gasteiger partial charge in [0, 0.05) is 19.6 Å². The Bertz CT molecular complexity index is 683. The van der Waals surface area contributed by atoms with Crippen molar-refractivity contribution in [2.24, 2.45) is 5.73 Å². The minimum absolute atomic E-state index is 0.225. The number of hydrogen-bond acceptors (Lipinski definition) is 4. The van der Waals surface area contributed by atoms with Gasteiger partial charge in [-0.3, -0.25) is 4.68 Å². The predicted octanol–water partition coefficient (Wildman–Crippen LogP) is 1.44. The Balaban J connectivity index is 2.31. The fraction of sp³-hybridized carbons (Fsp3) is 0.400. The van der Waals surface area contributed by atoms with E-state index >= 15 is 0 Å². The molecule has 2 rings (SSSR count). The molecule has 0 saturated carbocycles. The van der Waals surface area contributed by atoms with Gasteiger partial charge in [-0.2, -0.15) is 9.40 Å².